The number of aryl methyl sites for hydroxylation is 2. The van der Waals surface area contributed by atoms with Crippen molar-refractivity contribution in [1.82, 2.24) is 9.97 Å². The Kier molecular flexibility index (Phi) is 3.83. The summed E-state index contributed by atoms with van der Waals surface area (Å²) in [6, 6.07) is 0. The van der Waals surface area contributed by atoms with E-state index >= 15 is 0 Å². The van der Waals surface area contributed by atoms with Crippen LogP contribution in [0, 0.1) is 6.92 Å². The molecule has 0 aliphatic rings. The minimum atomic E-state index is 0.767. The Labute approximate surface area is 84.9 Å². The third kappa shape index (κ3) is 2.20. The summed E-state index contributed by atoms with van der Waals surface area (Å²) >= 11 is 0. The maximum Gasteiger partial charge on any atom is 0.147 e. The summed E-state index contributed by atoms with van der Waals surface area (Å²) in [6.45, 7) is 6.19. The van der Waals surface area contributed by atoms with Crippen molar-refractivity contribution in [3.63, 3.8) is 0 Å². The van der Waals surface area contributed by atoms with Crippen molar-refractivity contribution in [3.8, 4) is 0 Å². The highest BCUT2D eigenvalue weighted by Gasteiger charge is 2.08. The Balaban J connectivity index is 3.10. The van der Waals surface area contributed by atoms with Gasteiger partial charge in [0.05, 0.1) is 0 Å². The van der Waals surface area contributed by atoms with Gasteiger partial charge in [0.2, 0.25) is 0 Å². The van der Waals surface area contributed by atoms with E-state index in [1.54, 1.807) is 0 Å². The van der Waals surface area contributed by atoms with Gasteiger partial charge >= 0.3 is 0 Å². The van der Waals surface area contributed by atoms with E-state index in [1.807, 2.05) is 6.92 Å². The molecule has 4 heteroatoms. The molecule has 0 amide bonds. The molecule has 0 bridgehead atoms. The first-order chi connectivity index (χ1) is 6.72. The lowest BCUT2D eigenvalue weighted by Crippen LogP contribution is -2.14. The van der Waals surface area contributed by atoms with Gasteiger partial charge in [0.15, 0.2) is 0 Å². The van der Waals surface area contributed by atoms with Crippen LogP contribution in [0.4, 0.5) is 5.82 Å². The first kappa shape index (κ1) is 10.9. The Bertz CT molecular complexity index is 309. The van der Waals surface area contributed by atoms with E-state index in [2.05, 4.69) is 29.2 Å². The number of anilines is 1. The van der Waals surface area contributed by atoms with E-state index in [9.17, 15) is 0 Å². The van der Waals surface area contributed by atoms with Gasteiger partial charge in [-0.2, -0.15) is 0 Å². The lowest BCUT2D eigenvalue weighted by atomic mass is 10.1. The quantitative estimate of drug-likeness (QED) is 0.564. The molecule has 0 fully saturated rings. The monoisotopic (exact) mass is 194 g/mol. The third-order valence-corrected chi connectivity index (χ3v) is 2.22. The van der Waals surface area contributed by atoms with Crippen LogP contribution < -0.4 is 11.3 Å². The summed E-state index contributed by atoms with van der Waals surface area (Å²) in [5.41, 5.74) is 4.77. The number of hydrogen-bond donors (Lipinski definition) is 2. The van der Waals surface area contributed by atoms with Crippen LogP contribution in [0.2, 0.25) is 0 Å². The number of aromatic nitrogens is 2. The Morgan fingerprint density at radius 3 is 2.50 bits per heavy atom. The number of hydrazine groups is 1. The topological polar surface area (TPSA) is 63.8 Å². The molecular formula is C10H18N4. The summed E-state index contributed by atoms with van der Waals surface area (Å²) in [5.74, 6) is 7.06. The second-order valence-corrected chi connectivity index (χ2v) is 3.30. The predicted octanol–water partition coefficient (Wildman–Crippen LogP) is 1.59. The van der Waals surface area contributed by atoms with E-state index in [4.69, 9.17) is 5.84 Å². The van der Waals surface area contributed by atoms with Crippen LogP contribution in [-0.2, 0) is 12.8 Å². The van der Waals surface area contributed by atoms with Crippen molar-refractivity contribution in [2.45, 2.75) is 40.0 Å². The fourth-order valence-corrected chi connectivity index (χ4v) is 1.53. The molecule has 4 nitrogen and oxygen atoms in total. The molecule has 0 radical (unpaired) electrons. The van der Waals surface area contributed by atoms with Gasteiger partial charge in [-0.1, -0.05) is 13.8 Å². The summed E-state index contributed by atoms with van der Waals surface area (Å²) in [7, 11) is 0. The van der Waals surface area contributed by atoms with Gasteiger partial charge in [-0.15, -0.1) is 0 Å². The summed E-state index contributed by atoms with van der Waals surface area (Å²) < 4.78 is 0. The Morgan fingerprint density at radius 1 is 1.29 bits per heavy atom. The Hall–Kier alpha value is -1.16. The zero-order valence-electron chi connectivity index (χ0n) is 9.09. The zero-order chi connectivity index (χ0) is 10.6. The normalized spacial score (nSPS) is 10.3. The number of hydrogen-bond acceptors (Lipinski definition) is 4. The molecule has 0 aliphatic heterocycles. The highest BCUT2D eigenvalue weighted by atomic mass is 15.3. The van der Waals surface area contributed by atoms with Crippen molar-refractivity contribution in [3.05, 3.63) is 17.1 Å². The van der Waals surface area contributed by atoms with Gasteiger partial charge in [0, 0.05) is 17.7 Å². The van der Waals surface area contributed by atoms with Crippen LogP contribution in [0.3, 0.4) is 0 Å². The number of nitrogen functional groups attached to an aromatic ring is 1. The van der Waals surface area contributed by atoms with Crippen LogP contribution in [0.15, 0.2) is 0 Å². The van der Waals surface area contributed by atoms with E-state index in [-0.39, 0.29) is 0 Å². The molecule has 3 N–H and O–H groups in total. The van der Waals surface area contributed by atoms with Gasteiger partial charge in [0.25, 0.3) is 0 Å². The first-order valence-electron chi connectivity index (χ1n) is 5.05. The van der Waals surface area contributed by atoms with Crippen LogP contribution in [0.1, 0.15) is 37.4 Å². The molecule has 1 aromatic heterocycles. The molecule has 1 heterocycles. The molecule has 0 atom stereocenters. The molecule has 0 aromatic carbocycles. The van der Waals surface area contributed by atoms with Crippen molar-refractivity contribution >= 4 is 5.82 Å². The Morgan fingerprint density at radius 2 is 2.00 bits per heavy atom. The molecule has 14 heavy (non-hydrogen) atoms. The van der Waals surface area contributed by atoms with Crippen LogP contribution >= 0.6 is 0 Å². The first-order valence-corrected chi connectivity index (χ1v) is 5.05. The second kappa shape index (κ2) is 4.91. The van der Waals surface area contributed by atoms with Gasteiger partial charge in [0.1, 0.15) is 11.6 Å². The molecule has 0 aliphatic carbocycles. The number of rotatable bonds is 4. The highest BCUT2D eigenvalue weighted by Crippen LogP contribution is 2.16. The maximum atomic E-state index is 5.42. The molecule has 0 saturated carbocycles. The molecule has 0 spiro atoms. The summed E-state index contributed by atoms with van der Waals surface area (Å²) in [5, 5.41) is 0. The largest absolute Gasteiger partial charge is 0.308 e. The van der Waals surface area contributed by atoms with Crippen molar-refractivity contribution in [2.24, 2.45) is 5.84 Å². The number of nitrogens with two attached hydrogens (primary N) is 1. The molecular weight excluding hydrogens is 176 g/mol. The average molecular weight is 194 g/mol. The lowest BCUT2D eigenvalue weighted by molar-refractivity contribution is 0.814. The molecule has 1 rings (SSSR count). The van der Waals surface area contributed by atoms with E-state index in [0.29, 0.717) is 0 Å². The fraction of sp³-hybridized carbons (Fsp3) is 0.600. The molecule has 0 unspecified atom stereocenters. The van der Waals surface area contributed by atoms with E-state index < -0.39 is 0 Å². The standard InChI is InChI=1S/C10H18N4/c1-4-6-9-12-7(3)8(5-2)10(13-9)14-11/h4-6,11H2,1-3H3,(H,12,13,14). The third-order valence-electron chi connectivity index (χ3n) is 2.22. The highest BCUT2D eigenvalue weighted by molar-refractivity contribution is 5.45. The van der Waals surface area contributed by atoms with Crippen LogP contribution in [0.5, 0.6) is 0 Å². The smallest absolute Gasteiger partial charge is 0.147 e. The van der Waals surface area contributed by atoms with Crippen molar-refractivity contribution in [2.75, 3.05) is 5.43 Å². The predicted molar refractivity (Wildman–Crippen MR) is 58.0 cm³/mol. The summed E-state index contributed by atoms with van der Waals surface area (Å²) in [4.78, 5) is 8.80. The fourth-order valence-electron chi connectivity index (χ4n) is 1.53. The molecule has 0 saturated heterocycles. The van der Waals surface area contributed by atoms with Crippen LogP contribution in [0.25, 0.3) is 0 Å². The van der Waals surface area contributed by atoms with Crippen molar-refractivity contribution < 1.29 is 0 Å². The lowest BCUT2D eigenvalue weighted by Gasteiger charge is -2.10. The van der Waals surface area contributed by atoms with Crippen LogP contribution in [-0.4, -0.2) is 9.97 Å². The number of nitrogens with zero attached hydrogens (tertiary/aromatic N) is 2. The second-order valence-electron chi connectivity index (χ2n) is 3.30. The maximum absolute atomic E-state index is 5.42. The summed E-state index contributed by atoms with van der Waals surface area (Å²) in [6.07, 6.45) is 2.85. The van der Waals surface area contributed by atoms with Gasteiger partial charge in [-0.25, -0.2) is 15.8 Å². The van der Waals surface area contributed by atoms with Gasteiger partial charge < -0.3 is 5.43 Å². The van der Waals surface area contributed by atoms with Gasteiger partial charge in [-0.05, 0) is 19.8 Å². The minimum absolute atomic E-state index is 0.767. The van der Waals surface area contributed by atoms with E-state index in [0.717, 1.165) is 42.2 Å². The van der Waals surface area contributed by atoms with E-state index in [1.165, 1.54) is 0 Å². The molecule has 78 valence electrons. The van der Waals surface area contributed by atoms with Crippen molar-refractivity contribution in [1.29, 1.82) is 0 Å². The van der Waals surface area contributed by atoms with Gasteiger partial charge in [-0.3, -0.25) is 0 Å². The molecule has 1 aromatic rings. The number of nitrogens with one attached hydrogen (secondary N) is 1. The minimum Gasteiger partial charge on any atom is -0.308 e. The zero-order valence-corrected chi connectivity index (χ0v) is 9.09. The average Bonchev–Trinajstić information content (AvgIpc) is 2.17. The SMILES string of the molecule is CCCc1nc(C)c(CC)c(NN)n1.